The highest BCUT2D eigenvalue weighted by Gasteiger charge is 2.44. The van der Waals surface area contributed by atoms with Gasteiger partial charge in [-0.05, 0) is 19.8 Å². The number of allylic oxidation sites excluding steroid dienone is 1. The Morgan fingerprint density at radius 2 is 2.09 bits per heavy atom. The molecule has 2 unspecified atom stereocenters. The van der Waals surface area contributed by atoms with E-state index in [0.29, 0.717) is 17.9 Å². The summed E-state index contributed by atoms with van der Waals surface area (Å²) in [7, 11) is 0. The smallest absolute Gasteiger partial charge is 0.207 e. The van der Waals surface area contributed by atoms with Crippen molar-refractivity contribution in [2.24, 2.45) is 11.8 Å². The van der Waals surface area contributed by atoms with E-state index in [0.717, 1.165) is 6.41 Å². The third-order valence-electron chi connectivity index (χ3n) is 2.23. The zero-order valence-corrected chi connectivity index (χ0v) is 7.29. The van der Waals surface area contributed by atoms with Crippen LogP contribution in [-0.4, -0.2) is 12.5 Å². The lowest BCUT2D eigenvalue weighted by Crippen LogP contribution is -2.15. The molecule has 2 heteroatoms. The van der Waals surface area contributed by atoms with Gasteiger partial charge in [-0.1, -0.05) is 18.6 Å². The summed E-state index contributed by atoms with van der Waals surface area (Å²) in [6.45, 7) is 6.33. The van der Waals surface area contributed by atoms with E-state index in [1.54, 1.807) is 0 Å². The number of carbonyl (C=O) groups is 1. The molecule has 0 aromatic heterocycles. The second-order valence-electron chi connectivity index (χ2n) is 3.49. The molecule has 1 aliphatic carbocycles. The number of hydrogen-bond donors (Lipinski definition) is 1. The molecule has 0 bridgehead atoms. The maximum Gasteiger partial charge on any atom is 0.207 e. The van der Waals surface area contributed by atoms with Gasteiger partial charge in [-0.25, -0.2) is 0 Å². The minimum Gasteiger partial charge on any atom is -0.355 e. The Kier molecular flexibility index (Phi) is 2.32. The van der Waals surface area contributed by atoms with Crippen LogP contribution in [0.25, 0.3) is 0 Å². The summed E-state index contributed by atoms with van der Waals surface area (Å²) in [4.78, 5) is 10.1. The van der Waals surface area contributed by atoms with Crippen molar-refractivity contribution in [2.45, 2.75) is 26.8 Å². The second-order valence-corrected chi connectivity index (χ2v) is 3.49. The fraction of sp³-hybridized carbons (Fsp3) is 0.667. The largest absolute Gasteiger partial charge is 0.355 e. The normalized spacial score (nSPS) is 34.3. The van der Waals surface area contributed by atoms with Crippen LogP contribution in [0.1, 0.15) is 20.8 Å². The lowest BCUT2D eigenvalue weighted by Gasteiger charge is -1.91. The van der Waals surface area contributed by atoms with Crippen molar-refractivity contribution in [1.29, 1.82) is 0 Å². The third kappa shape index (κ3) is 1.82. The van der Waals surface area contributed by atoms with E-state index in [4.69, 9.17) is 0 Å². The van der Waals surface area contributed by atoms with Crippen molar-refractivity contribution in [3.8, 4) is 0 Å². The van der Waals surface area contributed by atoms with Crippen LogP contribution < -0.4 is 5.32 Å². The highest BCUT2D eigenvalue weighted by molar-refractivity contribution is 5.48. The van der Waals surface area contributed by atoms with Gasteiger partial charge in [0.25, 0.3) is 0 Å². The van der Waals surface area contributed by atoms with Crippen LogP contribution in [0.15, 0.2) is 11.6 Å². The predicted molar refractivity (Wildman–Crippen MR) is 45.1 cm³/mol. The summed E-state index contributed by atoms with van der Waals surface area (Å²) >= 11 is 0. The quantitative estimate of drug-likeness (QED) is 0.481. The monoisotopic (exact) mass is 153 g/mol. The molecule has 1 aliphatic rings. The first-order valence-corrected chi connectivity index (χ1v) is 4.01. The van der Waals surface area contributed by atoms with Crippen LogP contribution in [0.2, 0.25) is 0 Å². The molecule has 1 amide bonds. The topological polar surface area (TPSA) is 29.1 Å². The lowest BCUT2D eigenvalue weighted by atomic mass is 10.2. The molecule has 1 saturated carbocycles. The first kappa shape index (κ1) is 8.31. The standard InChI is InChI=1S/C9H15NO/c1-6(2)4-8-7(3)9(8)10-5-11/h4-5,7-9H,1-3H3,(H,10,11)/t7?,8-,9?/m0/s1. The molecule has 0 aliphatic heterocycles. The molecule has 0 aromatic carbocycles. The van der Waals surface area contributed by atoms with Crippen molar-refractivity contribution >= 4 is 6.41 Å². The van der Waals surface area contributed by atoms with Gasteiger partial charge < -0.3 is 5.32 Å². The van der Waals surface area contributed by atoms with Gasteiger partial charge in [0.15, 0.2) is 0 Å². The Bertz CT molecular complexity index is 182. The third-order valence-corrected chi connectivity index (χ3v) is 2.23. The van der Waals surface area contributed by atoms with Crippen LogP contribution in [0.4, 0.5) is 0 Å². The summed E-state index contributed by atoms with van der Waals surface area (Å²) in [6.07, 6.45) is 3.02. The van der Waals surface area contributed by atoms with E-state index < -0.39 is 0 Å². The fourth-order valence-corrected chi connectivity index (χ4v) is 1.48. The first-order valence-electron chi connectivity index (χ1n) is 4.01. The minimum absolute atomic E-state index is 0.391. The Morgan fingerprint density at radius 1 is 1.45 bits per heavy atom. The average molecular weight is 153 g/mol. The highest BCUT2D eigenvalue weighted by Crippen LogP contribution is 2.39. The van der Waals surface area contributed by atoms with Gasteiger partial charge >= 0.3 is 0 Å². The van der Waals surface area contributed by atoms with Gasteiger partial charge in [0.05, 0.1) is 0 Å². The molecular weight excluding hydrogens is 138 g/mol. The molecule has 0 saturated heterocycles. The summed E-state index contributed by atoms with van der Waals surface area (Å²) in [5, 5.41) is 2.80. The zero-order chi connectivity index (χ0) is 8.43. The summed E-state index contributed by atoms with van der Waals surface area (Å²) in [6, 6.07) is 0.391. The minimum atomic E-state index is 0.391. The van der Waals surface area contributed by atoms with Crippen molar-refractivity contribution in [1.82, 2.24) is 5.32 Å². The molecule has 0 heterocycles. The average Bonchev–Trinajstić information content (AvgIpc) is 2.45. The van der Waals surface area contributed by atoms with E-state index in [-0.39, 0.29) is 0 Å². The van der Waals surface area contributed by atoms with Crippen LogP contribution in [0.3, 0.4) is 0 Å². The van der Waals surface area contributed by atoms with E-state index in [2.05, 4.69) is 32.2 Å². The van der Waals surface area contributed by atoms with Gasteiger partial charge in [-0.15, -0.1) is 0 Å². The van der Waals surface area contributed by atoms with E-state index in [9.17, 15) is 4.79 Å². The summed E-state index contributed by atoms with van der Waals surface area (Å²) in [5.41, 5.74) is 1.33. The number of hydrogen-bond acceptors (Lipinski definition) is 1. The van der Waals surface area contributed by atoms with E-state index >= 15 is 0 Å². The van der Waals surface area contributed by atoms with Crippen LogP contribution in [0, 0.1) is 11.8 Å². The van der Waals surface area contributed by atoms with Gasteiger partial charge in [0.2, 0.25) is 6.41 Å². The van der Waals surface area contributed by atoms with Crippen molar-refractivity contribution in [3.05, 3.63) is 11.6 Å². The van der Waals surface area contributed by atoms with Gasteiger partial charge in [0.1, 0.15) is 0 Å². The SMILES string of the molecule is CC(C)=C[C@H]1C(C)C1NC=O. The Hall–Kier alpha value is -0.790. The predicted octanol–water partition coefficient (Wildman–Crippen LogP) is 1.33. The lowest BCUT2D eigenvalue weighted by molar-refractivity contribution is -0.109. The number of carbonyl (C=O) groups excluding carboxylic acids is 1. The molecular formula is C9H15NO. The first-order chi connectivity index (χ1) is 5.16. The van der Waals surface area contributed by atoms with Crippen LogP contribution in [-0.2, 0) is 4.79 Å². The fourth-order valence-electron chi connectivity index (χ4n) is 1.48. The molecule has 1 fully saturated rings. The molecule has 0 spiro atoms. The Labute approximate surface area is 67.7 Å². The Balaban J connectivity index is 2.41. The van der Waals surface area contributed by atoms with Crippen LogP contribution in [0.5, 0.6) is 0 Å². The van der Waals surface area contributed by atoms with Crippen molar-refractivity contribution in [2.75, 3.05) is 0 Å². The number of rotatable bonds is 3. The van der Waals surface area contributed by atoms with Crippen molar-refractivity contribution in [3.63, 3.8) is 0 Å². The van der Waals surface area contributed by atoms with Crippen LogP contribution >= 0.6 is 0 Å². The molecule has 0 radical (unpaired) electrons. The van der Waals surface area contributed by atoms with E-state index in [1.807, 2.05) is 0 Å². The molecule has 1 N–H and O–H groups in total. The number of amides is 1. The molecule has 2 nitrogen and oxygen atoms in total. The maximum absolute atomic E-state index is 10.1. The van der Waals surface area contributed by atoms with Gasteiger partial charge in [-0.3, -0.25) is 4.79 Å². The number of nitrogens with one attached hydrogen (secondary N) is 1. The molecule has 62 valence electrons. The molecule has 1 rings (SSSR count). The molecule has 0 aromatic rings. The van der Waals surface area contributed by atoms with Crippen molar-refractivity contribution < 1.29 is 4.79 Å². The zero-order valence-electron chi connectivity index (χ0n) is 7.29. The van der Waals surface area contributed by atoms with Gasteiger partial charge in [0, 0.05) is 12.0 Å². The van der Waals surface area contributed by atoms with Gasteiger partial charge in [-0.2, -0.15) is 0 Å². The molecule has 3 atom stereocenters. The summed E-state index contributed by atoms with van der Waals surface area (Å²) in [5.74, 6) is 1.19. The summed E-state index contributed by atoms with van der Waals surface area (Å²) < 4.78 is 0. The highest BCUT2D eigenvalue weighted by atomic mass is 16.1. The second kappa shape index (κ2) is 3.07. The van der Waals surface area contributed by atoms with E-state index in [1.165, 1.54) is 5.57 Å². The molecule has 11 heavy (non-hydrogen) atoms. The maximum atomic E-state index is 10.1. The Morgan fingerprint density at radius 3 is 2.55 bits per heavy atom.